The Hall–Kier alpha value is -1.70. The first-order valence-corrected chi connectivity index (χ1v) is 9.02. The van der Waals surface area contributed by atoms with Gasteiger partial charge in [0.05, 0.1) is 6.20 Å². The lowest BCUT2D eigenvalue weighted by Crippen LogP contribution is -2.35. The number of piperidine rings is 1. The number of hydrogen-bond acceptors (Lipinski definition) is 6. The summed E-state index contributed by atoms with van der Waals surface area (Å²) >= 11 is 0. The first-order chi connectivity index (χ1) is 12.0. The third kappa shape index (κ3) is 3.94. The predicted octanol–water partition coefficient (Wildman–Crippen LogP) is 2.51. The van der Waals surface area contributed by atoms with Gasteiger partial charge in [0, 0.05) is 42.8 Å². The molecule has 1 unspecified atom stereocenters. The molecule has 0 amide bonds. The summed E-state index contributed by atoms with van der Waals surface area (Å²) in [5.74, 6) is 0.526. The second-order valence-electron chi connectivity index (χ2n) is 6.90. The van der Waals surface area contributed by atoms with Gasteiger partial charge in [0.15, 0.2) is 11.9 Å². The van der Waals surface area contributed by atoms with Crippen molar-refractivity contribution in [1.82, 2.24) is 19.7 Å². The van der Waals surface area contributed by atoms with E-state index < -0.39 is 6.29 Å². The van der Waals surface area contributed by atoms with Crippen LogP contribution in [-0.2, 0) is 4.74 Å². The number of ether oxygens (including phenoxy) is 2. The maximum Gasteiger partial charge on any atom is 0.216 e. The van der Waals surface area contributed by atoms with Crippen LogP contribution in [0.1, 0.15) is 51.5 Å². The molecule has 25 heavy (non-hydrogen) atoms. The molecule has 1 atom stereocenters. The highest BCUT2D eigenvalue weighted by molar-refractivity contribution is 5.80. The zero-order valence-electron chi connectivity index (χ0n) is 15.5. The highest BCUT2D eigenvalue weighted by Gasteiger charge is 2.22. The van der Waals surface area contributed by atoms with E-state index in [0.717, 1.165) is 31.3 Å². The van der Waals surface area contributed by atoms with Gasteiger partial charge in [-0.25, -0.2) is 4.68 Å². The fraction of sp³-hybridized carbons (Fsp3) is 0.667. The molecule has 3 rings (SSSR count). The summed E-state index contributed by atoms with van der Waals surface area (Å²) in [6.07, 6.45) is 2.82. The molecule has 3 heterocycles. The number of aliphatic hydroxyl groups is 1. The largest absolute Gasteiger partial charge is 0.474 e. The van der Waals surface area contributed by atoms with Crippen LogP contribution < -0.4 is 4.74 Å². The van der Waals surface area contributed by atoms with Crippen molar-refractivity contribution < 1.29 is 14.6 Å². The van der Waals surface area contributed by atoms with Crippen LogP contribution in [0.15, 0.2) is 12.3 Å². The minimum absolute atomic E-state index is 0.147. The summed E-state index contributed by atoms with van der Waals surface area (Å²) in [4.78, 5) is 6.97. The van der Waals surface area contributed by atoms with E-state index in [1.165, 1.54) is 0 Å². The lowest BCUT2D eigenvalue weighted by Gasteiger charge is -2.29. The first-order valence-electron chi connectivity index (χ1n) is 9.02. The molecule has 1 aliphatic rings. The fourth-order valence-electron chi connectivity index (χ4n) is 3.18. The number of aromatic nitrogens is 3. The Morgan fingerprint density at radius 1 is 1.32 bits per heavy atom. The van der Waals surface area contributed by atoms with Gasteiger partial charge >= 0.3 is 0 Å². The van der Waals surface area contributed by atoms with Gasteiger partial charge < -0.3 is 19.5 Å². The minimum Gasteiger partial charge on any atom is -0.474 e. The van der Waals surface area contributed by atoms with Gasteiger partial charge in [-0.15, -0.1) is 0 Å². The van der Waals surface area contributed by atoms with Crippen molar-refractivity contribution in [2.24, 2.45) is 0 Å². The normalized spacial score (nSPS) is 18.2. The van der Waals surface area contributed by atoms with E-state index in [2.05, 4.69) is 35.9 Å². The molecule has 0 spiro atoms. The fourth-order valence-corrected chi connectivity index (χ4v) is 3.18. The standard InChI is InChI=1S/C18H28N4O3/c1-5-24-18(23)14-10-16(25-13-6-8-21(4)9-7-13)20-17-15(14)11-19-22(17)12(2)3/h10-13,18,23H,5-9H2,1-4H3. The molecule has 2 aromatic rings. The summed E-state index contributed by atoms with van der Waals surface area (Å²) in [5, 5.41) is 15.6. The average molecular weight is 348 g/mol. The summed E-state index contributed by atoms with van der Waals surface area (Å²) < 4.78 is 13.4. The molecule has 7 heteroatoms. The van der Waals surface area contributed by atoms with Gasteiger partial charge in [-0.1, -0.05) is 0 Å². The summed E-state index contributed by atoms with van der Waals surface area (Å²) in [7, 11) is 2.12. The zero-order valence-corrected chi connectivity index (χ0v) is 15.5. The summed E-state index contributed by atoms with van der Waals surface area (Å²) in [6, 6.07) is 1.95. The van der Waals surface area contributed by atoms with Crippen molar-refractivity contribution >= 4 is 11.0 Å². The molecule has 0 radical (unpaired) electrons. The lowest BCUT2D eigenvalue weighted by molar-refractivity contribution is -0.0971. The molecule has 138 valence electrons. The maximum atomic E-state index is 10.4. The monoisotopic (exact) mass is 348 g/mol. The van der Waals surface area contributed by atoms with Crippen molar-refractivity contribution in [3.63, 3.8) is 0 Å². The van der Waals surface area contributed by atoms with Crippen LogP contribution in [-0.4, -0.2) is 57.6 Å². The minimum atomic E-state index is -1.01. The number of pyridine rings is 1. The topological polar surface area (TPSA) is 72.6 Å². The third-order valence-electron chi connectivity index (χ3n) is 4.61. The second kappa shape index (κ2) is 7.68. The molecule has 0 aromatic carbocycles. The van der Waals surface area contributed by atoms with E-state index in [1.54, 1.807) is 12.3 Å². The van der Waals surface area contributed by atoms with Crippen LogP contribution >= 0.6 is 0 Å². The number of nitrogens with zero attached hydrogens (tertiary/aromatic N) is 4. The predicted molar refractivity (Wildman–Crippen MR) is 95.6 cm³/mol. The molecule has 1 saturated heterocycles. The average Bonchev–Trinajstić information content (AvgIpc) is 3.00. The molecular formula is C18H28N4O3. The second-order valence-corrected chi connectivity index (χ2v) is 6.90. The third-order valence-corrected chi connectivity index (χ3v) is 4.61. The quantitative estimate of drug-likeness (QED) is 0.809. The van der Waals surface area contributed by atoms with Crippen LogP contribution in [0, 0.1) is 0 Å². The highest BCUT2D eigenvalue weighted by Crippen LogP contribution is 2.30. The Morgan fingerprint density at radius 2 is 2.04 bits per heavy atom. The van der Waals surface area contributed by atoms with E-state index in [1.807, 2.05) is 11.6 Å². The molecular weight excluding hydrogens is 320 g/mol. The van der Waals surface area contributed by atoms with Crippen LogP contribution in [0.3, 0.4) is 0 Å². The van der Waals surface area contributed by atoms with E-state index in [0.29, 0.717) is 23.7 Å². The van der Waals surface area contributed by atoms with Crippen LogP contribution in [0.5, 0.6) is 5.88 Å². The van der Waals surface area contributed by atoms with Crippen molar-refractivity contribution in [3.8, 4) is 5.88 Å². The lowest BCUT2D eigenvalue weighted by atomic mass is 10.1. The SMILES string of the molecule is CCOC(O)c1cc(OC2CCN(C)CC2)nc2c1cnn2C(C)C. The summed E-state index contributed by atoms with van der Waals surface area (Å²) in [5.41, 5.74) is 1.37. The molecule has 0 aliphatic carbocycles. The number of fused-ring (bicyclic) bond motifs is 1. The van der Waals surface area contributed by atoms with Crippen LogP contribution in [0.2, 0.25) is 0 Å². The Morgan fingerprint density at radius 3 is 2.68 bits per heavy atom. The van der Waals surface area contributed by atoms with E-state index >= 15 is 0 Å². The van der Waals surface area contributed by atoms with E-state index in [9.17, 15) is 5.11 Å². The Kier molecular flexibility index (Phi) is 5.56. The number of hydrogen-bond donors (Lipinski definition) is 1. The van der Waals surface area contributed by atoms with Gasteiger partial charge in [-0.05, 0) is 40.7 Å². The number of likely N-dealkylation sites (tertiary alicyclic amines) is 1. The molecule has 1 N–H and O–H groups in total. The maximum absolute atomic E-state index is 10.4. The van der Waals surface area contributed by atoms with Gasteiger partial charge in [0.25, 0.3) is 0 Å². The summed E-state index contributed by atoms with van der Waals surface area (Å²) in [6.45, 7) is 8.43. The molecule has 0 bridgehead atoms. The van der Waals surface area contributed by atoms with E-state index in [-0.39, 0.29) is 12.1 Å². The molecule has 7 nitrogen and oxygen atoms in total. The molecule has 1 fully saturated rings. The van der Waals surface area contributed by atoms with Crippen molar-refractivity contribution in [2.45, 2.75) is 52.0 Å². The van der Waals surface area contributed by atoms with Crippen molar-refractivity contribution in [2.75, 3.05) is 26.7 Å². The van der Waals surface area contributed by atoms with Gasteiger partial charge in [-0.3, -0.25) is 0 Å². The molecule has 2 aromatic heterocycles. The zero-order chi connectivity index (χ0) is 18.0. The Balaban J connectivity index is 1.95. The van der Waals surface area contributed by atoms with Crippen molar-refractivity contribution in [3.05, 3.63) is 17.8 Å². The first kappa shape index (κ1) is 18.1. The Bertz CT molecular complexity index is 708. The Labute approximate surface area is 148 Å². The van der Waals surface area contributed by atoms with Crippen LogP contribution in [0.25, 0.3) is 11.0 Å². The molecule has 0 saturated carbocycles. The number of aliphatic hydroxyl groups excluding tert-OH is 1. The van der Waals surface area contributed by atoms with Gasteiger partial charge in [-0.2, -0.15) is 10.1 Å². The smallest absolute Gasteiger partial charge is 0.216 e. The number of rotatable bonds is 6. The molecule has 1 aliphatic heterocycles. The van der Waals surface area contributed by atoms with Gasteiger partial charge in [0.1, 0.15) is 6.10 Å². The van der Waals surface area contributed by atoms with Crippen LogP contribution in [0.4, 0.5) is 0 Å². The van der Waals surface area contributed by atoms with Gasteiger partial charge in [0.2, 0.25) is 5.88 Å². The highest BCUT2D eigenvalue weighted by atomic mass is 16.6. The van der Waals surface area contributed by atoms with E-state index in [4.69, 9.17) is 9.47 Å². The van der Waals surface area contributed by atoms with Crippen molar-refractivity contribution in [1.29, 1.82) is 0 Å².